The number of benzene rings is 5. The van der Waals surface area contributed by atoms with E-state index in [0.717, 1.165) is 5.56 Å². The summed E-state index contributed by atoms with van der Waals surface area (Å²) in [6, 6.07) is 25.9. The predicted octanol–water partition coefficient (Wildman–Crippen LogP) is 10.7. The highest BCUT2D eigenvalue weighted by molar-refractivity contribution is 9.10. The quantitative estimate of drug-likeness (QED) is 0.121. The Hall–Kier alpha value is -3.36. The molecule has 4 N–H and O–H groups in total. The Labute approximate surface area is 361 Å². The molecule has 1 amide bonds. The number of primary amides is 1. The Kier molecular flexibility index (Phi) is 12.3. The normalized spacial score (nSPS) is 19.2. The second-order valence-electron chi connectivity index (χ2n) is 13.0. The van der Waals surface area contributed by atoms with Gasteiger partial charge >= 0.3 is 0 Å². The van der Waals surface area contributed by atoms with Crippen molar-refractivity contribution in [2.24, 2.45) is 21.9 Å². The number of halogens is 7. The summed E-state index contributed by atoms with van der Waals surface area (Å²) in [5, 5.41) is 11.4. The summed E-state index contributed by atoms with van der Waals surface area (Å²) < 4.78 is 33.2. The molecule has 5 aromatic rings. The monoisotopic (exact) mass is 950 g/mol. The first-order valence-corrected chi connectivity index (χ1v) is 21.4. The molecular weight excluding hydrogens is 925 g/mol. The largest absolute Gasteiger partial charge is 0.369 e. The lowest BCUT2D eigenvalue weighted by Crippen LogP contribution is -2.47. The third kappa shape index (κ3) is 8.30. The third-order valence-corrected chi connectivity index (χ3v) is 13.5. The molecule has 288 valence electrons. The SMILES string of the molecule is NC(=O)C1C(C(c2ccc(Cl)cc2Cl)N(C(C2=NNC(c3ccc(Cl)cc3)C2)c2ccc(Cl)cc2Cl)S(=O)(=O)c2cccc(Br)c2)=NNC1c1ccc(Cl)cc1. The molecule has 9 nitrogen and oxygen atoms in total. The minimum absolute atomic E-state index is 0.0659. The zero-order chi connectivity index (χ0) is 39.9. The number of hydrogen-bond donors (Lipinski definition) is 3. The van der Waals surface area contributed by atoms with Crippen LogP contribution >= 0.6 is 85.5 Å². The second kappa shape index (κ2) is 16.9. The summed E-state index contributed by atoms with van der Waals surface area (Å²) in [4.78, 5) is 13.6. The Morgan fingerprint density at radius 1 is 0.714 bits per heavy atom. The van der Waals surface area contributed by atoms with Gasteiger partial charge in [0.25, 0.3) is 0 Å². The molecule has 0 radical (unpaired) electrons. The molecule has 0 saturated heterocycles. The molecule has 0 bridgehead atoms. The third-order valence-electron chi connectivity index (χ3n) is 9.56. The molecule has 5 atom stereocenters. The number of amides is 1. The van der Waals surface area contributed by atoms with Crippen molar-refractivity contribution in [1.29, 1.82) is 0 Å². The molecule has 0 fully saturated rings. The first-order valence-electron chi connectivity index (χ1n) is 16.9. The zero-order valence-electron chi connectivity index (χ0n) is 28.7. The number of carbonyl (C=O) groups excluding carboxylic acids is 1. The lowest BCUT2D eigenvalue weighted by Gasteiger charge is -2.39. The van der Waals surface area contributed by atoms with E-state index in [2.05, 4.69) is 26.8 Å². The first kappa shape index (κ1) is 40.8. The van der Waals surface area contributed by atoms with Crippen molar-refractivity contribution in [2.45, 2.75) is 35.5 Å². The van der Waals surface area contributed by atoms with Crippen LogP contribution in [0.4, 0.5) is 0 Å². The maximum absolute atomic E-state index is 15.7. The van der Waals surface area contributed by atoms with Crippen molar-refractivity contribution in [1.82, 2.24) is 15.2 Å². The van der Waals surface area contributed by atoms with E-state index in [1.54, 1.807) is 72.8 Å². The highest BCUT2D eigenvalue weighted by atomic mass is 79.9. The molecule has 7 rings (SSSR count). The molecule has 5 unspecified atom stereocenters. The maximum atomic E-state index is 15.7. The first-order chi connectivity index (χ1) is 26.7. The van der Waals surface area contributed by atoms with Gasteiger partial charge in [-0.1, -0.05) is 128 Å². The van der Waals surface area contributed by atoms with Crippen molar-refractivity contribution in [3.05, 3.63) is 166 Å². The number of sulfonamides is 1. The van der Waals surface area contributed by atoms with E-state index in [1.165, 1.54) is 28.6 Å². The summed E-state index contributed by atoms with van der Waals surface area (Å²) in [6.45, 7) is 0. The molecule has 0 spiro atoms. The van der Waals surface area contributed by atoms with E-state index in [0.29, 0.717) is 41.4 Å². The second-order valence-corrected chi connectivity index (χ2v) is 18.4. The van der Waals surface area contributed by atoms with Crippen LogP contribution in [0.3, 0.4) is 0 Å². The van der Waals surface area contributed by atoms with Crippen molar-refractivity contribution in [2.75, 3.05) is 0 Å². The van der Waals surface area contributed by atoms with Crippen LogP contribution in [0.5, 0.6) is 0 Å². The van der Waals surface area contributed by atoms with E-state index in [9.17, 15) is 4.79 Å². The molecule has 56 heavy (non-hydrogen) atoms. The lowest BCUT2D eigenvalue weighted by molar-refractivity contribution is -0.120. The predicted molar refractivity (Wildman–Crippen MR) is 228 cm³/mol. The fraction of sp³-hybridized carbons (Fsp3) is 0.154. The molecule has 0 saturated carbocycles. The van der Waals surface area contributed by atoms with E-state index in [1.807, 2.05) is 12.1 Å². The number of nitrogens with two attached hydrogens (primary N) is 1. The van der Waals surface area contributed by atoms with Crippen LogP contribution in [0.2, 0.25) is 30.1 Å². The van der Waals surface area contributed by atoms with Gasteiger partial charge < -0.3 is 16.6 Å². The zero-order valence-corrected chi connectivity index (χ0v) is 35.6. The van der Waals surface area contributed by atoms with E-state index >= 15 is 8.42 Å². The van der Waals surface area contributed by atoms with Gasteiger partial charge in [0.2, 0.25) is 15.9 Å². The average Bonchev–Trinajstić information content (AvgIpc) is 3.82. The minimum Gasteiger partial charge on any atom is -0.369 e. The lowest BCUT2D eigenvalue weighted by atomic mass is 9.84. The Balaban J connectivity index is 1.51. The van der Waals surface area contributed by atoms with Gasteiger partial charge in [-0.2, -0.15) is 14.5 Å². The summed E-state index contributed by atoms with van der Waals surface area (Å²) in [6.07, 6.45) is 0.230. The summed E-state index contributed by atoms with van der Waals surface area (Å²) >= 11 is 42.8. The van der Waals surface area contributed by atoms with Crippen LogP contribution in [-0.4, -0.2) is 30.1 Å². The molecular formula is C39H29BrCl6N6O3S. The minimum atomic E-state index is -4.66. The standard InChI is InChI=1S/C39H29BrCl6N6O3S/c40-22-2-1-3-27(16-22)56(54,55)52(37(28-14-12-25(43)17-30(28)45)33-19-32(48-49-33)20-4-8-23(41)9-5-20)38(29-15-13-26(44)18-31(29)46)36-34(39(47)53)35(50-51-36)21-6-10-24(42)11-7-21/h1-18,32,34-35,37-38,48,50H,19H2,(H2,47,53). The van der Waals surface area contributed by atoms with Gasteiger partial charge in [-0.15, -0.1) is 0 Å². The number of hydrogen-bond acceptors (Lipinski definition) is 7. The molecule has 2 aliphatic heterocycles. The smallest absolute Gasteiger partial charge is 0.244 e. The van der Waals surface area contributed by atoms with Crippen molar-refractivity contribution >= 4 is 113 Å². The van der Waals surface area contributed by atoms with Gasteiger partial charge in [0.15, 0.2) is 0 Å². The van der Waals surface area contributed by atoms with Crippen molar-refractivity contribution in [3.8, 4) is 0 Å². The fourth-order valence-electron chi connectivity index (χ4n) is 6.97. The Morgan fingerprint density at radius 3 is 1.82 bits per heavy atom. The summed E-state index contributed by atoms with van der Waals surface area (Å²) in [5.74, 6) is -1.97. The number of carbonyl (C=O) groups is 1. The van der Waals surface area contributed by atoms with E-state index in [-0.39, 0.29) is 38.7 Å². The van der Waals surface area contributed by atoms with Crippen LogP contribution in [-0.2, 0) is 14.8 Å². The maximum Gasteiger partial charge on any atom is 0.244 e. The molecule has 0 aliphatic carbocycles. The number of hydrazone groups is 2. The summed E-state index contributed by atoms with van der Waals surface area (Å²) in [5.41, 5.74) is 15.0. The molecule has 0 aromatic heterocycles. The topological polar surface area (TPSA) is 129 Å². The molecule has 5 aromatic carbocycles. The van der Waals surface area contributed by atoms with Gasteiger partial charge in [-0.3, -0.25) is 4.79 Å². The van der Waals surface area contributed by atoms with E-state index < -0.39 is 40.0 Å². The van der Waals surface area contributed by atoms with Gasteiger partial charge in [0.05, 0.1) is 40.5 Å². The van der Waals surface area contributed by atoms with Crippen molar-refractivity contribution < 1.29 is 13.2 Å². The fourth-order valence-corrected chi connectivity index (χ4v) is 10.6. The van der Waals surface area contributed by atoms with Crippen LogP contribution < -0.4 is 16.6 Å². The molecule has 2 aliphatic rings. The number of nitrogens with one attached hydrogen (secondary N) is 2. The van der Waals surface area contributed by atoms with Crippen LogP contribution in [0.1, 0.15) is 52.8 Å². The van der Waals surface area contributed by atoms with E-state index in [4.69, 9.17) is 85.5 Å². The van der Waals surface area contributed by atoms with Gasteiger partial charge in [-0.25, -0.2) is 8.42 Å². The Bertz CT molecular complexity index is 2490. The number of rotatable bonds is 11. The Morgan fingerprint density at radius 2 is 1.27 bits per heavy atom. The van der Waals surface area contributed by atoms with Crippen LogP contribution in [0, 0.1) is 5.92 Å². The van der Waals surface area contributed by atoms with Gasteiger partial charge in [-0.05, 0) is 89.0 Å². The van der Waals surface area contributed by atoms with Crippen LogP contribution in [0.25, 0.3) is 0 Å². The molecule has 2 heterocycles. The van der Waals surface area contributed by atoms with Crippen molar-refractivity contribution in [3.63, 3.8) is 0 Å². The van der Waals surface area contributed by atoms with Gasteiger partial charge in [0, 0.05) is 41.0 Å². The van der Waals surface area contributed by atoms with Gasteiger partial charge in [0.1, 0.15) is 5.92 Å². The average molecular weight is 954 g/mol. The molecule has 17 heteroatoms. The summed E-state index contributed by atoms with van der Waals surface area (Å²) in [7, 11) is -4.66. The highest BCUT2D eigenvalue weighted by Crippen LogP contribution is 2.48. The highest BCUT2D eigenvalue weighted by Gasteiger charge is 2.51. The number of nitrogens with zero attached hydrogens (tertiary/aromatic N) is 3. The van der Waals surface area contributed by atoms with Crippen LogP contribution in [0.15, 0.2) is 129 Å².